The molecule has 0 spiro atoms. The Balaban J connectivity index is 2.81. The molecule has 1 atom stereocenters. The minimum absolute atomic E-state index is 0.0255. The highest BCUT2D eigenvalue weighted by atomic mass is 35.5. The van der Waals surface area contributed by atoms with E-state index in [9.17, 15) is 18.0 Å². The molecule has 0 aliphatic rings. The fourth-order valence-electron chi connectivity index (χ4n) is 2.45. The van der Waals surface area contributed by atoms with Crippen LogP contribution in [0.3, 0.4) is 0 Å². The smallest absolute Gasteiger partial charge is 0.279 e. The van der Waals surface area contributed by atoms with Crippen LogP contribution in [0.5, 0.6) is 0 Å². The lowest BCUT2D eigenvalue weighted by Gasteiger charge is -2.21. The van der Waals surface area contributed by atoms with Crippen molar-refractivity contribution in [2.45, 2.75) is 18.7 Å². The van der Waals surface area contributed by atoms with Gasteiger partial charge in [0.05, 0.1) is 22.7 Å². The molecule has 0 bridgehead atoms. The van der Waals surface area contributed by atoms with Crippen molar-refractivity contribution in [2.24, 2.45) is 0 Å². The second kappa shape index (κ2) is 10.0. The minimum Gasteiger partial charge on any atom is -0.338 e. The molecule has 2 N–H and O–H groups in total. The Kier molecular flexibility index (Phi) is 8.67. The zero-order valence-electron chi connectivity index (χ0n) is 16.4. The maximum absolute atomic E-state index is 12.3. The molecule has 0 fully saturated rings. The number of nitrogens with one attached hydrogen (secondary N) is 2. The zero-order valence-corrected chi connectivity index (χ0v) is 17.9. The van der Waals surface area contributed by atoms with Crippen molar-refractivity contribution >= 4 is 39.1 Å². The van der Waals surface area contributed by atoms with Gasteiger partial charge >= 0.3 is 0 Å². The average molecular weight is 420 g/mol. The molecule has 0 aliphatic heterocycles. The van der Waals surface area contributed by atoms with Gasteiger partial charge in [0.1, 0.15) is 0 Å². The van der Waals surface area contributed by atoms with Crippen molar-refractivity contribution in [3.63, 3.8) is 0 Å². The normalized spacial score (nSPS) is 12.7. The number of sulfonamides is 1. The number of quaternary nitrogens is 1. The summed E-state index contributed by atoms with van der Waals surface area (Å²) >= 11 is 6.08. The predicted octanol–water partition coefficient (Wildman–Crippen LogP) is -0.0881. The van der Waals surface area contributed by atoms with E-state index in [0.717, 1.165) is 9.21 Å². The average Bonchev–Trinajstić information content (AvgIpc) is 2.57. The minimum atomic E-state index is -3.64. The molecule has 0 heterocycles. The van der Waals surface area contributed by atoms with E-state index in [0.29, 0.717) is 13.1 Å². The van der Waals surface area contributed by atoms with Crippen molar-refractivity contribution in [1.82, 2.24) is 9.21 Å². The lowest BCUT2D eigenvalue weighted by atomic mass is 10.3. The number of benzene rings is 1. The lowest BCUT2D eigenvalue weighted by Crippen LogP contribution is -3.11. The number of carbonyl (C=O) groups excluding carboxylic acids is 2. The topological polar surface area (TPSA) is 91.2 Å². The van der Waals surface area contributed by atoms with Crippen LogP contribution in [0.1, 0.15) is 13.8 Å². The van der Waals surface area contributed by atoms with Gasteiger partial charge in [-0.15, -0.1) is 0 Å². The number of carbonyl (C=O) groups is 2. The van der Waals surface area contributed by atoms with Crippen LogP contribution in [0, 0.1) is 0 Å². The summed E-state index contributed by atoms with van der Waals surface area (Å²) in [5.41, 5.74) is 0.215. The van der Waals surface area contributed by atoms with Gasteiger partial charge in [0, 0.05) is 27.2 Å². The first-order valence-corrected chi connectivity index (χ1v) is 10.5. The van der Waals surface area contributed by atoms with E-state index in [1.807, 2.05) is 13.8 Å². The third-order valence-electron chi connectivity index (χ3n) is 4.02. The molecule has 2 amide bonds. The summed E-state index contributed by atoms with van der Waals surface area (Å²) in [6.45, 7) is 5.29. The third kappa shape index (κ3) is 6.46. The molecule has 152 valence electrons. The van der Waals surface area contributed by atoms with E-state index in [4.69, 9.17) is 11.6 Å². The third-order valence-corrected chi connectivity index (χ3v) is 6.16. The lowest BCUT2D eigenvalue weighted by molar-refractivity contribution is -0.862. The second-order valence-corrected chi connectivity index (χ2v) is 8.91. The van der Waals surface area contributed by atoms with Crippen molar-refractivity contribution < 1.29 is 22.9 Å². The van der Waals surface area contributed by atoms with E-state index >= 15 is 0 Å². The van der Waals surface area contributed by atoms with Crippen LogP contribution in [-0.2, 0) is 19.6 Å². The molecule has 0 saturated heterocycles. The summed E-state index contributed by atoms with van der Waals surface area (Å²) in [6.07, 6.45) is 0. The second-order valence-electron chi connectivity index (χ2n) is 6.35. The molecule has 0 aromatic heterocycles. The van der Waals surface area contributed by atoms with Gasteiger partial charge in [0.15, 0.2) is 13.1 Å². The molecular weight excluding hydrogens is 392 g/mol. The highest BCUT2D eigenvalue weighted by Gasteiger charge is 2.21. The van der Waals surface area contributed by atoms with E-state index in [1.165, 1.54) is 32.3 Å². The Labute approximate surface area is 166 Å². The molecule has 8 nitrogen and oxygen atoms in total. The number of nitrogens with zero attached hydrogens (tertiary/aromatic N) is 2. The first-order chi connectivity index (χ1) is 12.5. The molecule has 0 radical (unpaired) electrons. The van der Waals surface area contributed by atoms with E-state index < -0.39 is 10.0 Å². The monoisotopic (exact) mass is 419 g/mol. The number of anilines is 1. The summed E-state index contributed by atoms with van der Waals surface area (Å²) in [5, 5.41) is 2.86. The molecule has 0 saturated carbocycles. The maximum Gasteiger partial charge on any atom is 0.279 e. The van der Waals surface area contributed by atoms with E-state index in [2.05, 4.69) is 5.32 Å². The summed E-state index contributed by atoms with van der Waals surface area (Å²) in [5.74, 6) is -0.386. The van der Waals surface area contributed by atoms with Crippen LogP contribution >= 0.6 is 11.6 Å². The molecule has 0 aliphatic carbocycles. The van der Waals surface area contributed by atoms with E-state index in [1.54, 1.807) is 11.9 Å². The van der Waals surface area contributed by atoms with Gasteiger partial charge in [-0.25, -0.2) is 12.7 Å². The number of likely N-dealkylation sites (N-methyl/N-ethyl adjacent to an activating group) is 2. The fourth-order valence-corrected chi connectivity index (χ4v) is 3.54. The number of hydrogen-bond donors (Lipinski definition) is 2. The molecule has 1 aromatic rings. The van der Waals surface area contributed by atoms with Crippen molar-refractivity contribution in [3.8, 4) is 0 Å². The van der Waals surface area contributed by atoms with Crippen LogP contribution in [0.4, 0.5) is 5.69 Å². The molecule has 1 aromatic carbocycles. The summed E-state index contributed by atoms with van der Waals surface area (Å²) in [6, 6.07) is 4.13. The van der Waals surface area contributed by atoms with Gasteiger partial charge in [0.25, 0.3) is 11.8 Å². The number of rotatable bonds is 9. The van der Waals surface area contributed by atoms with Gasteiger partial charge in [-0.2, -0.15) is 0 Å². The standard InChI is InChI=1S/C17H27ClN4O4S/c1-6-22(7-2)17(24)12-21(5)11-16(23)19-15-10-13(8-9-14(15)18)27(25,26)20(3)4/h8-10H,6-7,11-12H2,1-5H3,(H,19,23)/p+1. The van der Waals surface area contributed by atoms with Gasteiger partial charge < -0.3 is 15.1 Å². The van der Waals surface area contributed by atoms with Crippen LogP contribution in [0.25, 0.3) is 0 Å². The highest BCUT2D eigenvalue weighted by molar-refractivity contribution is 7.89. The summed E-state index contributed by atoms with van der Waals surface area (Å²) in [4.78, 5) is 26.8. The Morgan fingerprint density at radius 1 is 1.15 bits per heavy atom. The largest absolute Gasteiger partial charge is 0.338 e. The number of halogens is 1. The van der Waals surface area contributed by atoms with Gasteiger partial charge in [-0.3, -0.25) is 9.59 Å². The Morgan fingerprint density at radius 2 is 1.74 bits per heavy atom. The zero-order chi connectivity index (χ0) is 20.8. The quantitative estimate of drug-likeness (QED) is 0.585. The Hall–Kier alpha value is -1.68. The molecule has 27 heavy (non-hydrogen) atoms. The van der Waals surface area contributed by atoms with Gasteiger partial charge in [-0.1, -0.05) is 11.6 Å². The molecule has 1 rings (SSSR count). The summed E-state index contributed by atoms with van der Waals surface area (Å²) < 4.78 is 25.5. The van der Waals surface area contributed by atoms with Gasteiger partial charge in [-0.05, 0) is 32.0 Å². The predicted molar refractivity (Wildman–Crippen MR) is 106 cm³/mol. The number of hydrogen-bond acceptors (Lipinski definition) is 4. The summed E-state index contributed by atoms with van der Waals surface area (Å²) in [7, 11) is 0.955. The molecule has 10 heteroatoms. The molecule has 1 unspecified atom stereocenters. The van der Waals surface area contributed by atoms with Crippen LogP contribution in [-0.4, -0.2) is 76.8 Å². The van der Waals surface area contributed by atoms with Crippen molar-refractivity contribution in [3.05, 3.63) is 23.2 Å². The van der Waals surface area contributed by atoms with E-state index in [-0.39, 0.29) is 40.5 Å². The highest BCUT2D eigenvalue weighted by Crippen LogP contribution is 2.26. The van der Waals surface area contributed by atoms with Crippen molar-refractivity contribution in [1.29, 1.82) is 0 Å². The van der Waals surface area contributed by atoms with Crippen LogP contribution < -0.4 is 10.2 Å². The fraction of sp³-hybridized carbons (Fsp3) is 0.529. The number of amides is 2. The Bertz CT molecular complexity index is 779. The van der Waals surface area contributed by atoms with Crippen molar-refractivity contribution in [2.75, 3.05) is 52.6 Å². The first kappa shape index (κ1) is 23.4. The Morgan fingerprint density at radius 3 is 2.26 bits per heavy atom. The maximum atomic E-state index is 12.3. The van der Waals surface area contributed by atoms with Crippen LogP contribution in [0.15, 0.2) is 23.1 Å². The van der Waals surface area contributed by atoms with Gasteiger partial charge in [0.2, 0.25) is 10.0 Å². The molecular formula is C17H28ClN4O4S+. The SMILES string of the molecule is CCN(CC)C(=O)C[NH+](C)CC(=O)Nc1cc(S(=O)(=O)N(C)C)ccc1Cl. The first-order valence-electron chi connectivity index (χ1n) is 8.63. The van der Waals surface area contributed by atoms with Crippen LogP contribution in [0.2, 0.25) is 5.02 Å².